The number of amidine groups is 1. The van der Waals surface area contributed by atoms with Gasteiger partial charge in [-0.05, 0) is 60.5 Å². The number of carbonyl (C=O) groups excluding carboxylic acids is 1. The van der Waals surface area contributed by atoms with Gasteiger partial charge in [0.1, 0.15) is 0 Å². The van der Waals surface area contributed by atoms with Gasteiger partial charge in [0.2, 0.25) is 10.0 Å². The maximum absolute atomic E-state index is 13.3. The van der Waals surface area contributed by atoms with Crippen LogP contribution in [0.2, 0.25) is 0 Å². The molecule has 1 heterocycles. The number of nitrogens with two attached hydrogens (primary N) is 1. The summed E-state index contributed by atoms with van der Waals surface area (Å²) in [6.07, 6.45) is 6.57. The minimum absolute atomic E-state index is 0.0167. The minimum Gasteiger partial charge on any atom is -0.283 e. The average Bonchev–Trinajstić information content (AvgIpc) is 3.08. The van der Waals surface area contributed by atoms with Crippen molar-refractivity contribution in [2.45, 2.75) is 43.0 Å². The van der Waals surface area contributed by atoms with Gasteiger partial charge in [0, 0.05) is 18.2 Å². The highest BCUT2D eigenvalue weighted by Crippen LogP contribution is 2.38. The Kier molecular flexibility index (Phi) is 6.63. The van der Waals surface area contributed by atoms with Crippen LogP contribution in [0, 0.1) is 10.1 Å². The zero-order valence-electron chi connectivity index (χ0n) is 17.6. The van der Waals surface area contributed by atoms with Crippen LogP contribution in [0.5, 0.6) is 0 Å². The van der Waals surface area contributed by atoms with E-state index in [0.717, 1.165) is 32.1 Å². The van der Waals surface area contributed by atoms with Crippen molar-refractivity contribution in [3.63, 3.8) is 0 Å². The first-order valence-electron chi connectivity index (χ1n) is 10.4. The summed E-state index contributed by atoms with van der Waals surface area (Å²) in [5.41, 5.74) is 1.00. The zero-order chi connectivity index (χ0) is 23.6. The highest BCUT2D eigenvalue weighted by atomic mass is 32.2. The molecule has 11 heteroatoms. The number of nitro groups is 1. The Morgan fingerprint density at radius 3 is 2.45 bits per heavy atom. The molecule has 1 aliphatic carbocycles. The van der Waals surface area contributed by atoms with E-state index in [1.54, 1.807) is 35.2 Å². The van der Waals surface area contributed by atoms with Crippen molar-refractivity contribution in [2.24, 2.45) is 10.1 Å². The molecular formula is C22H22N4O5S2. The molecule has 0 unspecified atom stereocenters. The lowest BCUT2D eigenvalue weighted by molar-refractivity contribution is -0.384. The summed E-state index contributed by atoms with van der Waals surface area (Å²) < 4.78 is 23.0. The maximum Gasteiger partial charge on any atom is 0.270 e. The van der Waals surface area contributed by atoms with Crippen LogP contribution in [0.4, 0.5) is 11.4 Å². The molecule has 0 spiro atoms. The second-order valence-electron chi connectivity index (χ2n) is 7.86. The third-order valence-corrected chi connectivity index (χ3v) is 7.46. The lowest BCUT2D eigenvalue weighted by Crippen LogP contribution is -2.40. The number of primary sulfonamides is 1. The van der Waals surface area contributed by atoms with E-state index in [-0.39, 0.29) is 22.5 Å². The van der Waals surface area contributed by atoms with E-state index in [1.807, 2.05) is 0 Å². The van der Waals surface area contributed by atoms with Crippen LogP contribution in [-0.4, -0.2) is 35.4 Å². The Hall–Kier alpha value is -3.02. The Labute approximate surface area is 195 Å². The number of nitrogens with zero attached hydrogens (tertiary/aromatic N) is 3. The molecule has 2 N–H and O–H groups in total. The number of hydrogen-bond acceptors (Lipinski definition) is 7. The standard InChI is InChI=1S/C22H22N4O5S2/c23-33(30,31)19-11-9-16(10-12-19)24-22-25(17-6-2-1-3-7-17)21(27)20(32-22)14-15-5-4-8-18(13-15)26(28)29/h4-5,8-14,17H,1-3,6-7H2,(H2,23,30,31). The fourth-order valence-electron chi connectivity index (χ4n) is 3.93. The summed E-state index contributed by atoms with van der Waals surface area (Å²) in [4.78, 5) is 30.7. The number of sulfonamides is 1. The van der Waals surface area contributed by atoms with Crippen LogP contribution in [0.25, 0.3) is 6.08 Å². The van der Waals surface area contributed by atoms with Crippen LogP contribution in [-0.2, 0) is 14.8 Å². The van der Waals surface area contributed by atoms with E-state index in [4.69, 9.17) is 5.14 Å². The molecule has 2 aliphatic rings. The first-order valence-corrected chi connectivity index (χ1v) is 12.8. The van der Waals surface area contributed by atoms with Crippen molar-refractivity contribution in [2.75, 3.05) is 0 Å². The number of carbonyl (C=O) groups is 1. The smallest absolute Gasteiger partial charge is 0.270 e. The van der Waals surface area contributed by atoms with Crippen LogP contribution in [0.1, 0.15) is 37.7 Å². The summed E-state index contributed by atoms with van der Waals surface area (Å²) in [6.45, 7) is 0. The highest BCUT2D eigenvalue weighted by Gasteiger charge is 2.38. The lowest BCUT2D eigenvalue weighted by Gasteiger charge is -2.30. The predicted molar refractivity (Wildman–Crippen MR) is 127 cm³/mol. The van der Waals surface area contributed by atoms with Gasteiger partial charge in [-0.25, -0.2) is 18.5 Å². The summed E-state index contributed by atoms with van der Waals surface area (Å²) in [5, 5.41) is 16.8. The van der Waals surface area contributed by atoms with Crippen LogP contribution in [0.3, 0.4) is 0 Å². The minimum atomic E-state index is -3.81. The Bertz CT molecular complexity index is 1250. The number of aliphatic imine (C=N–C) groups is 1. The number of rotatable bonds is 5. The molecule has 9 nitrogen and oxygen atoms in total. The number of nitro benzene ring substituents is 1. The normalized spacial score (nSPS) is 20.0. The number of non-ortho nitro benzene ring substituents is 1. The van der Waals surface area contributed by atoms with Crippen molar-refractivity contribution in [1.29, 1.82) is 0 Å². The number of benzene rings is 2. The van der Waals surface area contributed by atoms with Gasteiger partial charge in [0.15, 0.2) is 5.17 Å². The van der Waals surface area contributed by atoms with Crippen molar-refractivity contribution in [3.8, 4) is 0 Å². The molecule has 1 aliphatic heterocycles. The third kappa shape index (κ3) is 5.32. The van der Waals surface area contributed by atoms with E-state index >= 15 is 0 Å². The van der Waals surface area contributed by atoms with E-state index in [9.17, 15) is 23.3 Å². The van der Waals surface area contributed by atoms with Crippen molar-refractivity contribution < 1.29 is 18.1 Å². The molecule has 0 aromatic heterocycles. The van der Waals surface area contributed by atoms with Gasteiger partial charge in [-0.2, -0.15) is 0 Å². The van der Waals surface area contributed by atoms with Crippen molar-refractivity contribution in [1.82, 2.24) is 4.90 Å². The highest BCUT2D eigenvalue weighted by molar-refractivity contribution is 8.18. The summed E-state index contributed by atoms with van der Waals surface area (Å²) in [5.74, 6) is -0.182. The molecule has 1 saturated carbocycles. The molecule has 1 saturated heterocycles. The molecule has 33 heavy (non-hydrogen) atoms. The Balaban J connectivity index is 1.70. The van der Waals surface area contributed by atoms with Gasteiger partial charge >= 0.3 is 0 Å². The predicted octanol–water partition coefficient (Wildman–Crippen LogP) is 4.18. The Morgan fingerprint density at radius 1 is 1.12 bits per heavy atom. The second-order valence-corrected chi connectivity index (χ2v) is 10.4. The number of amides is 1. The SMILES string of the molecule is NS(=O)(=O)c1ccc(N=C2SC(=Cc3cccc([N+](=O)[O-])c3)C(=O)N2C2CCCCC2)cc1. The molecule has 2 aromatic carbocycles. The first-order chi connectivity index (χ1) is 15.7. The van der Waals surface area contributed by atoms with Crippen molar-refractivity contribution >= 4 is 50.3 Å². The topological polar surface area (TPSA) is 136 Å². The van der Waals surface area contributed by atoms with Gasteiger partial charge in [-0.1, -0.05) is 31.4 Å². The first kappa shape index (κ1) is 23.1. The van der Waals surface area contributed by atoms with Gasteiger partial charge in [-0.3, -0.25) is 19.8 Å². The van der Waals surface area contributed by atoms with E-state index < -0.39 is 14.9 Å². The molecule has 1 amide bonds. The molecule has 172 valence electrons. The fraction of sp³-hybridized carbons (Fsp3) is 0.273. The third-order valence-electron chi connectivity index (χ3n) is 5.55. The van der Waals surface area contributed by atoms with E-state index in [0.29, 0.717) is 21.3 Å². The second kappa shape index (κ2) is 9.46. The Morgan fingerprint density at radius 2 is 1.82 bits per heavy atom. The van der Waals surface area contributed by atoms with Crippen molar-refractivity contribution in [3.05, 3.63) is 69.1 Å². The number of thioether (sulfide) groups is 1. The van der Waals surface area contributed by atoms with Gasteiger partial charge in [0.05, 0.1) is 20.4 Å². The molecule has 4 rings (SSSR count). The van der Waals surface area contributed by atoms with Crippen LogP contribution in [0.15, 0.2) is 63.3 Å². The quantitative estimate of drug-likeness (QED) is 0.382. The van der Waals surface area contributed by atoms with E-state index in [1.165, 1.54) is 36.0 Å². The molecule has 0 atom stereocenters. The maximum atomic E-state index is 13.3. The zero-order valence-corrected chi connectivity index (χ0v) is 19.2. The summed E-state index contributed by atoms with van der Waals surface area (Å²) >= 11 is 1.21. The number of hydrogen-bond donors (Lipinski definition) is 1. The van der Waals surface area contributed by atoms with Gasteiger partial charge < -0.3 is 0 Å². The van der Waals surface area contributed by atoms with Crippen LogP contribution < -0.4 is 5.14 Å². The fourth-order valence-corrected chi connectivity index (χ4v) is 5.50. The van der Waals surface area contributed by atoms with Crippen LogP contribution >= 0.6 is 11.8 Å². The molecule has 2 fully saturated rings. The lowest BCUT2D eigenvalue weighted by atomic mass is 9.94. The van der Waals surface area contributed by atoms with E-state index in [2.05, 4.69) is 4.99 Å². The molecule has 0 bridgehead atoms. The molecule has 0 radical (unpaired) electrons. The summed E-state index contributed by atoms with van der Waals surface area (Å²) in [6, 6.07) is 12.0. The average molecular weight is 487 g/mol. The largest absolute Gasteiger partial charge is 0.283 e. The van der Waals surface area contributed by atoms with Gasteiger partial charge in [-0.15, -0.1) is 0 Å². The molecular weight excluding hydrogens is 464 g/mol. The van der Waals surface area contributed by atoms with Gasteiger partial charge in [0.25, 0.3) is 11.6 Å². The monoisotopic (exact) mass is 486 g/mol. The molecule has 2 aromatic rings. The summed E-state index contributed by atoms with van der Waals surface area (Å²) in [7, 11) is -3.81.